The Morgan fingerprint density at radius 2 is 2.00 bits per heavy atom. The molecule has 1 unspecified atom stereocenters. The molecule has 0 bridgehead atoms. The number of aliphatic hydroxyl groups is 1. The molecule has 1 aliphatic heterocycles. The van der Waals surface area contributed by atoms with Gasteiger partial charge >= 0.3 is 0 Å². The summed E-state index contributed by atoms with van der Waals surface area (Å²) in [6, 6.07) is 6.26. The van der Waals surface area contributed by atoms with Gasteiger partial charge in [0.25, 0.3) is 0 Å². The zero-order valence-corrected chi connectivity index (χ0v) is 15.6. The number of hydrogen-bond acceptors (Lipinski definition) is 5. The second kappa shape index (κ2) is 7.54. The quantitative estimate of drug-likeness (QED) is 0.871. The Labute approximate surface area is 149 Å². The number of ether oxygens (including phenoxy) is 1. The van der Waals surface area contributed by atoms with Gasteiger partial charge < -0.3 is 14.4 Å². The van der Waals surface area contributed by atoms with Crippen molar-refractivity contribution in [3.63, 3.8) is 0 Å². The Balaban J connectivity index is 1.55. The second-order valence-corrected chi connectivity index (χ2v) is 7.21. The predicted octanol–water partition coefficient (Wildman–Crippen LogP) is 2.27. The van der Waals surface area contributed by atoms with Crippen molar-refractivity contribution in [2.45, 2.75) is 52.8 Å². The molecule has 6 heteroatoms. The molecule has 0 amide bonds. The molecule has 0 spiro atoms. The number of fused-ring (bicyclic) bond motifs is 1. The molecule has 2 heterocycles. The lowest BCUT2D eigenvalue weighted by Crippen LogP contribution is -2.40. The monoisotopic (exact) mass is 344 g/mol. The summed E-state index contributed by atoms with van der Waals surface area (Å²) in [4.78, 5) is 2.21. The van der Waals surface area contributed by atoms with Crippen molar-refractivity contribution in [1.82, 2.24) is 19.7 Å². The number of β-amino-alcohol motifs (C(OH)–C–C–N with tert-alkyl or cyclic N) is 1. The highest BCUT2D eigenvalue weighted by Crippen LogP contribution is 2.27. The van der Waals surface area contributed by atoms with Gasteiger partial charge in [-0.1, -0.05) is 26.0 Å². The SMILES string of the molecule is Cc1ccc(C(C)C)c(OCC(O)CN2CCn3c(C)nnc3C2)c1. The second-order valence-electron chi connectivity index (χ2n) is 7.21. The van der Waals surface area contributed by atoms with E-state index < -0.39 is 6.10 Å². The van der Waals surface area contributed by atoms with Crippen molar-refractivity contribution in [3.8, 4) is 5.75 Å². The number of nitrogens with zero attached hydrogens (tertiary/aromatic N) is 4. The van der Waals surface area contributed by atoms with E-state index in [9.17, 15) is 5.11 Å². The van der Waals surface area contributed by atoms with Gasteiger partial charge in [-0.15, -0.1) is 10.2 Å². The third kappa shape index (κ3) is 4.19. The number of rotatable bonds is 6. The van der Waals surface area contributed by atoms with Crippen LogP contribution in [0.4, 0.5) is 0 Å². The highest BCUT2D eigenvalue weighted by Gasteiger charge is 2.22. The topological polar surface area (TPSA) is 63.4 Å². The van der Waals surface area contributed by atoms with E-state index in [4.69, 9.17) is 4.74 Å². The third-order valence-corrected chi connectivity index (χ3v) is 4.71. The fourth-order valence-corrected chi connectivity index (χ4v) is 3.29. The van der Waals surface area contributed by atoms with E-state index in [1.807, 2.05) is 13.0 Å². The number of aromatic nitrogens is 3. The molecular weight excluding hydrogens is 316 g/mol. The molecule has 1 aromatic heterocycles. The Morgan fingerprint density at radius 1 is 1.20 bits per heavy atom. The van der Waals surface area contributed by atoms with Crippen LogP contribution in [-0.4, -0.2) is 50.6 Å². The minimum Gasteiger partial charge on any atom is -0.491 e. The van der Waals surface area contributed by atoms with Crippen molar-refractivity contribution >= 4 is 0 Å². The van der Waals surface area contributed by atoms with Gasteiger partial charge in [0.1, 0.15) is 30.1 Å². The third-order valence-electron chi connectivity index (χ3n) is 4.71. The lowest BCUT2D eigenvalue weighted by molar-refractivity contribution is 0.0578. The van der Waals surface area contributed by atoms with Crippen molar-refractivity contribution in [3.05, 3.63) is 41.0 Å². The molecule has 0 aliphatic carbocycles. The average molecular weight is 344 g/mol. The van der Waals surface area contributed by atoms with Gasteiger partial charge in [-0.25, -0.2) is 0 Å². The van der Waals surface area contributed by atoms with E-state index in [2.05, 4.69) is 52.6 Å². The standard InChI is InChI=1S/C19H28N4O2/c1-13(2)17-6-5-14(3)9-18(17)25-12-16(24)10-22-7-8-23-15(4)20-21-19(23)11-22/h5-6,9,13,16,24H,7-8,10-12H2,1-4H3. The maximum Gasteiger partial charge on any atom is 0.147 e. The van der Waals surface area contributed by atoms with Crippen LogP contribution < -0.4 is 4.74 Å². The molecule has 136 valence electrons. The van der Waals surface area contributed by atoms with Crippen LogP contribution in [0.25, 0.3) is 0 Å². The highest BCUT2D eigenvalue weighted by atomic mass is 16.5. The first-order valence-electron chi connectivity index (χ1n) is 8.96. The van der Waals surface area contributed by atoms with Crippen molar-refractivity contribution in [2.24, 2.45) is 0 Å². The molecule has 6 nitrogen and oxygen atoms in total. The van der Waals surface area contributed by atoms with Gasteiger partial charge in [-0.3, -0.25) is 4.90 Å². The average Bonchev–Trinajstić information content (AvgIpc) is 2.93. The van der Waals surface area contributed by atoms with Gasteiger partial charge in [0.15, 0.2) is 0 Å². The van der Waals surface area contributed by atoms with Crippen molar-refractivity contribution in [1.29, 1.82) is 0 Å². The summed E-state index contributed by atoms with van der Waals surface area (Å²) >= 11 is 0. The molecule has 25 heavy (non-hydrogen) atoms. The van der Waals surface area contributed by atoms with E-state index in [-0.39, 0.29) is 0 Å². The summed E-state index contributed by atoms with van der Waals surface area (Å²) in [7, 11) is 0. The van der Waals surface area contributed by atoms with Gasteiger partial charge in [0.05, 0.1) is 6.54 Å². The molecule has 1 N–H and O–H groups in total. The predicted molar refractivity (Wildman–Crippen MR) is 96.8 cm³/mol. The summed E-state index contributed by atoms with van der Waals surface area (Å²) in [5.74, 6) is 3.20. The van der Waals surface area contributed by atoms with E-state index in [1.165, 1.54) is 11.1 Å². The molecule has 0 saturated heterocycles. The maximum atomic E-state index is 10.4. The van der Waals surface area contributed by atoms with Crippen LogP contribution in [0.2, 0.25) is 0 Å². The van der Waals surface area contributed by atoms with Crippen LogP contribution >= 0.6 is 0 Å². The van der Waals surface area contributed by atoms with Crippen molar-refractivity contribution in [2.75, 3.05) is 19.7 Å². The molecule has 1 aliphatic rings. The van der Waals surface area contributed by atoms with Gasteiger partial charge in [0, 0.05) is 19.6 Å². The first-order valence-corrected chi connectivity index (χ1v) is 8.96. The van der Waals surface area contributed by atoms with E-state index in [1.54, 1.807) is 0 Å². The number of aryl methyl sites for hydroxylation is 2. The summed E-state index contributed by atoms with van der Waals surface area (Å²) in [5.41, 5.74) is 2.35. The zero-order chi connectivity index (χ0) is 18.0. The Kier molecular flexibility index (Phi) is 5.39. The number of aliphatic hydroxyl groups excluding tert-OH is 1. The lowest BCUT2D eigenvalue weighted by atomic mass is 10.0. The largest absolute Gasteiger partial charge is 0.491 e. The lowest BCUT2D eigenvalue weighted by Gasteiger charge is -2.29. The first-order chi connectivity index (χ1) is 11.9. The molecule has 3 rings (SSSR count). The molecule has 0 saturated carbocycles. The van der Waals surface area contributed by atoms with Crippen LogP contribution in [0.15, 0.2) is 18.2 Å². The molecule has 0 fully saturated rings. The van der Waals surface area contributed by atoms with Crippen LogP contribution in [0.5, 0.6) is 5.75 Å². The van der Waals surface area contributed by atoms with E-state index in [0.29, 0.717) is 19.1 Å². The summed E-state index contributed by atoms with van der Waals surface area (Å²) in [5, 5.41) is 18.7. The Bertz CT molecular complexity index is 726. The smallest absolute Gasteiger partial charge is 0.147 e. The number of benzene rings is 1. The van der Waals surface area contributed by atoms with Crippen LogP contribution in [-0.2, 0) is 13.1 Å². The van der Waals surface area contributed by atoms with Crippen molar-refractivity contribution < 1.29 is 9.84 Å². The molecule has 1 atom stereocenters. The molecule has 0 radical (unpaired) electrons. The van der Waals surface area contributed by atoms with Gasteiger partial charge in [0.2, 0.25) is 0 Å². The van der Waals surface area contributed by atoms with Gasteiger partial charge in [-0.05, 0) is 37.0 Å². The minimum absolute atomic E-state index is 0.297. The normalized spacial score (nSPS) is 16.1. The zero-order valence-electron chi connectivity index (χ0n) is 15.6. The minimum atomic E-state index is -0.531. The Hall–Kier alpha value is -1.92. The summed E-state index contributed by atoms with van der Waals surface area (Å²) < 4.78 is 8.09. The van der Waals surface area contributed by atoms with E-state index >= 15 is 0 Å². The number of hydrogen-bond donors (Lipinski definition) is 1. The molecular formula is C19H28N4O2. The fourth-order valence-electron chi connectivity index (χ4n) is 3.29. The highest BCUT2D eigenvalue weighted by molar-refractivity contribution is 5.39. The van der Waals surface area contributed by atoms with Crippen LogP contribution in [0.1, 0.15) is 42.5 Å². The fraction of sp³-hybridized carbons (Fsp3) is 0.579. The summed E-state index contributed by atoms with van der Waals surface area (Å²) in [6.45, 7) is 11.7. The van der Waals surface area contributed by atoms with E-state index in [0.717, 1.165) is 37.0 Å². The maximum absolute atomic E-state index is 10.4. The summed E-state index contributed by atoms with van der Waals surface area (Å²) in [6.07, 6.45) is -0.531. The van der Waals surface area contributed by atoms with Gasteiger partial charge in [-0.2, -0.15) is 0 Å². The first kappa shape index (κ1) is 17.9. The van der Waals surface area contributed by atoms with Crippen LogP contribution in [0, 0.1) is 13.8 Å². The molecule has 2 aromatic rings. The Morgan fingerprint density at radius 3 is 2.76 bits per heavy atom. The molecule has 1 aromatic carbocycles. The van der Waals surface area contributed by atoms with Crippen LogP contribution in [0.3, 0.4) is 0 Å².